The van der Waals surface area contributed by atoms with E-state index in [2.05, 4.69) is 14.7 Å². The zero-order chi connectivity index (χ0) is 40.3. The predicted molar refractivity (Wildman–Crippen MR) is 188 cm³/mol. The lowest BCUT2D eigenvalue weighted by Gasteiger charge is -2.29. The van der Waals surface area contributed by atoms with Crippen molar-refractivity contribution in [2.24, 2.45) is 5.41 Å². The first-order chi connectivity index (χ1) is 25.4. The minimum absolute atomic E-state index is 0.00543. The van der Waals surface area contributed by atoms with Crippen molar-refractivity contribution >= 4 is 36.4 Å². The molecule has 0 unspecified atom stereocenters. The van der Waals surface area contributed by atoms with Gasteiger partial charge in [-0.1, -0.05) is 60.0 Å². The summed E-state index contributed by atoms with van der Waals surface area (Å²) in [5.74, 6) is -2.84. The third-order valence-electron chi connectivity index (χ3n) is 8.44. The summed E-state index contributed by atoms with van der Waals surface area (Å²) in [6, 6.07) is 10.5. The van der Waals surface area contributed by atoms with Crippen molar-refractivity contribution < 1.29 is 72.3 Å². The lowest BCUT2D eigenvalue weighted by molar-refractivity contribution is -0.217. The number of hydrogen-bond donors (Lipinski definition) is 0. The largest absolute Gasteiger partial charge is 0.549 e. The van der Waals surface area contributed by atoms with Gasteiger partial charge in [-0.05, 0) is 102 Å². The minimum atomic E-state index is -1.52. The molecule has 3 aromatic rings. The van der Waals surface area contributed by atoms with Crippen LogP contribution in [0.3, 0.4) is 0 Å². The van der Waals surface area contributed by atoms with Gasteiger partial charge in [-0.2, -0.15) is 14.4 Å². The highest BCUT2D eigenvalue weighted by atomic mass is 17.2. The van der Waals surface area contributed by atoms with Crippen molar-refractivity contribution in [1.82, 2.24) is 0 Å². The summed E-state index contributed by atoms with van der Waals surface area (Å²) < 4.78 is 15.4. The van der Waals surface area contributed by atoms with Gasteiger partial charge in [0.05, 0.1) is 22.1 Å². The first-order valence-corrected chi connectivity index (χ1v) is 16.8. The molecule has 0 fully saturated rings. The average molecular weight is 753 g/mol. The molecule has 0 aliphatic rings. The van der Waals surface area contributed by atoms with Crippen LogP contribution >= 0.6 is 0 Å². The van der Waals surface area contributed by atoms with Crippen LogP contribution in [-0.4, -0.2) is 56.2 Å². The maximum absolute atomic E-state index is 12.6. The van der Waals surface area contributed by atoms with E-state index in [0.717, 1.165) is 16.7 Å². The van der Waals surface area contributed by atoms with E-state index in [-0.39, 0.29) is 23.1 Å². The molecule has 0 atom stereocenters. The second-order valence-electron chi connectivity index (χ2n) is 13.2. The minimum Gasteiger partial charge on any atom is -0.431 e. The van der Waals surface area contributed by atoms with Gasteiger partial charge in [0.2, 0.25) is 0 Å². The molecular formula is C39H44O15. The van der Waals surface area contributed by atoms with E-state index in [4.69, 9.17) is 28.9 Å². The van der Waals surface area contributed by atoms with Crippen LogP contribution < -0.4 is 0 Å². The summed E-state index contributed by atoms with van der Waals surface area (Å²) in [5, 5.41) is 0. The summed E-state index contributed by atoms with van der Waals surface area (Å²) in [6.45, 7) is 15.4. The summed E-state index contributed by atoms with van der Waals surface area (Å²) in [7, 11) is 0. The molecule has 0 heterocycles. The van der Waals surface area contributed by atoms with Gasteiger partial charge in [-0.25, -0.2) is 43.7 Å². The number of hydrogen-bond acceptors (Lipinski definition) is 15. The Kier molecular flexibility index (Phi) is 14.6. The van der Waals surface area contributed by atoms with Crippen molar-refractivity contribution in [2.45, 2.75) is 75.7 Å². The Morgan fingerprint density at radius 1 is 0.407 bits per heavy atom. The third kappa shape index (κ3) is 11.4. The molecular weight excluding hydrogens is 708 g/mol. The van der Waals surface area contributed by atoms with Crippen LogP contribution in [0.2, 0.25) is 0 Å². The standard InChI is InChI=1S/C39H44O15/c1-11-39(18-46-36(43)52-49-33(40)30-24(5)12-21(2)13-25(30)6,19-47-37(44)53-50-34(41)31-26(7)14-22(3)15-27(31)8)20-48-38(45)54-51-35(42)32-28(9)16-23(4)17-29(32)10/h12-17H,11,18-20H2,1-10H3. The summed E-state index contributed by atoms with van der Waals surface area (Å²) in [6.07, 6.45) is -4.36. The fourth-order valence-electron chi connectivity index (χ4n) is 5.99. The quantitative estimate of drug-likeness (QED) is 0.0840. The summed E-state index contributed by atoms with van der Waals surface area (Å²) in [5.41, 5.74) is 5.37. The molecule has 0 aliphatic heterocycles. The van der Waals surface area contributed by atoms with Gasteiger partial charge in [0.15, 0.2) is 0 Å². The molecule has 290 valence electrons. The fourth-order valence-corrected chi connectivity index (χ4v) is 5.99. The zero-order valence-corrected chi connectivity index (χ0v) is 31.9. The molecule has 15 nitrogen and oxygen atoms in total. The van der Waals surface area contributed by atoms with Crippen molar-refractivity contribution in [3.8, 4) is 0 Å². The molecule has 15 heteroatoms. The molecule has 0 saturated heterocycles. The van der Waals surface area contributed by atoms with Gasteiger partial charge in [-0.15, -0.1) is 0 Å². The topological polar surface area (TPSA) is 185 Å². The van der Waals surface area contributed by atoms with E-state index in [1.165, 1.54) is 0 Å². The summed E-state index contributed by atoms with van der Waals surface area (Å²) in [4.78, 5) is 103. The van der Waals surface area contributed by atoms with Crippen LogP contribution in [0, 0.1) is 67.7 Å². The van der Waals surface area contributed by atoms with Crippen LogP contribution in [0.25, 0.3) is 0 Å². The molecule has 0 N–H and O–H groups in total. The fraction of sp³-hybridized carbons (Fsp3) is 0.385. The van der Waals surface area contributed by atoms with Gasteiger partial charge >= 0.3 is 36.4 Å². The lowest BCUT2D eigenvalue weighted by Crippen LogP contribution is -2.39. The molecule has 3 aromatic carbocycles. The van der Waals surface area contributed by atoms with Gasteiger partial charge in [-0.3, -0.25) is 0 Å². The second kappa shape index (κ2) is 18.6. The SMILES string of the molecule is CCC(COC(=O)OOC(=O)c1c(C)cc(C)cc1C)(COC(=O)OOC(=O)c1c(C)cc(C)cc1C)COC(=O)OOC(=O)c1c(C)cc(C)cc1C. The average Bonchev–Trinajstić information content (AvgIpc) is 3.07. The highest BCUT2D eigenvalue weighted by Gasteiger charge is 2.36. The van der Waals surface area contributed by atoms with E-state index >= 15 is 0 Å². The normalized spacial score (nSPS) is 10.8. The van der Waals surface area contributed by atoms with E-state index in [0.29, 0.717) is 33.4 Å². The van der Waals surface area contributed by atoms with Crippen LogP contribution in [0.1, 0.15) is 94.5 Å². The van der Waals surface area contributed by atoms with Crippen LogP contribution in [0.5, 0.6) is 0 Å². The van der Waals surface area contributed by atoms with E-state index in [9.17, 15) is 28.8 Å². The molecule has 0 aromatic heterocycles. The molecule has 0 spiro atoms. The van der Waals surface area contributed by atoms with E-state index in [1.54, 1.807) is 84.9 Å². The lowest BCUT2D eigenvalue weighted by atomic mass is 9.88. The maximum Gasteiger partial charge on any atom is 0.549 e. The highest BCUT2D eigenvalue weighted by molar-refractivity contribution is 5.94. The number of carbonyl (C=O) groups is 6. The predicted octanol–water partition coefficient (Wildman–Crippen LogP) is 7.93. The Balaban J connectivity index is 1.67. The number of aryl methyl sites for hydroxylation is 9. The number of carbonyl (C=O) groups excluding carboxylic acids is 6. The van der Waals surface area contributed by atoms with Gasteiger partial charge in [0, 0.05) is 0 Å². The van der Waals surface area contributed by atoms with Crippen LogP contribution in [0.15, 0.2) is 36.4 Å². The second-order valence-corrected chi connectivity index (χ2v) is 13.2. The molecule has 0 aliphatic carbocycles. The smallest absolute Gasteiger partial charge is 0.431 e. The van der Waals surface area contributed by atoms with Crippen LogP contribution in [-0.2, 0) is 43.5 Å². The monoisotopic (exact) mass is 752 g/mol. The summed E-state index contributed by atoms with van der Waals surface area (Å²) >= 11 is 0. The first-order valence-electron chi connectivity index (χ1n) is 16.8. The van der Waals surface area contributed by atoms with E-state index in [1.807, 2.05) is 20.8 Å². The van der Waals surface area contributed by atoms with Gasteiger partial charge in [0.1, 0.15) is 19.8 Å². The first kappa shape index (κ1) is 42.3. The molecule has 54 heavy (non-hydrogen) atoms. The Labute approximate surface area is 312 Å². The van der Waals surface area contributed by atoms with Crippen LogP contribution in [0.4, 0.5) is 14.4 Å². The molecule has 0 amide bonds. The Morgan fingerprint density at radius 3 is 0.833 bits per heavy atom. The third-order valence-corrected chi connectivity index (χ3v) is 8.44. The van der Waals surface area contributed by atoms with Crippen molar-refractivity contribution in [3.63, 3.8) is 0 Å². The molecule has 0 bridgehead atoms. The Bertz CT molecular complexity index is 1640. The van der Waals surface area contributed by atoms with E-state index < -0.39 is 61.6 Å². The highest BCUT2D eigenvalue weighted by Crippen LogP contribution is 2.26. The van der Waals surface area contributed by atoms with Gasteiger partial charge in [0.25, 0.3) is 0 Å². The van der Waals surface area contributed by atoms with Gasteiger partial charge < -0.3 is 14.2 Å². The van der Waals surface area contributed by atoms with Crippen molar-refractivity contribution in [2.75, 3.05) is 19.8 Å². The number of rotatable bonds is 10. The number of ether oxygens (including phenoxy) is 3. The van der Waals surface area contributed by atoms with Crippen molar-refractivity contribution in [1.29, 1.82) is 0 Å². The zero-order valence-electron chi connectivity index (χ0n) is 31.9. The Morgan fingerprint density at radius 2 is 0.630 bits per heavy atom. The Hall–Kier alpha value is -6.12. The molecule has 0 saturated carbocycles. The molecule has 0 radical (unpaired) electrons. The molecule has 3 rings (SSSR count). The number of benzene rings is 3. The van der Waals surface area contributed by atoms with Crippen molar-refractivity contribution in [3.05, 3.63) is 103 Å². The maximum atomic E-state index is 12.6.